The number of hydrogen-bond acceptors (Lipinski definition) is 15. The van der Waals surface area contributed by atoms with Crippen LogP contribution >= 0.6 is 15.6 Å². The third kappa shape index (κ3) is 66.0. The van der Waals surface area contributed by atoms with E-state index in [4.69, 9.17) is 37.0 Å². The summed E-state index contributed by atoms with van der Waals surface area (Å²) in [5.74, 6) is 0.952. The van der Waals surface area contributed by atoms with Gasteiger partial charge in [-0.2, -0.15) is 0 Å². The molecule has 4 unspecified atom stereocenters. The Morgan fingerprint density at radius 1 is 0.298 bits per heavy atom. The molecule has 0 spiro atoms. The Bertz CT molecular complexity index is 1850. The van der Waals surface area contributed by atoms with Crippen LogP contribution < -0.4 is 0 Å². The fourth-order valence-corrected chi connectivity index (χ4v) is 12.9. The normalized spacial score (nSPS) is 14.7. The van der Waals surface area contributed by atoms with E-state index < -0.39 is 97.5 Å². The number of rotatable bonds is 72. The lowest BCUT2D eigenvalue weighted by atomic mass is 9.99. The Labute approximate surface area is 575 Å². The maximum atomic E-state index is 13.1. The van der Waals surface area contributed by atoms with Gasteiger partial charge in [0.05, 0.1) is 26.4 Å². The molecule has 0 aliphatic rings. The van der Waals surface area contributed by atoms with Gasteiger partial charge in [0, 0.05) is 25.7 Å². The average molecular weight is 1380 g/mol. The highest BCUT2D eigenvalue weighted by molar-refractivity contribution is 7.47. The van der Waals surface area contributed by atoms with Crippen molar-refractivity contribution in [3.05, 3.63) is 0 Å². The maximum absolute atomic E-state index is 13.1. The zero-order valence-electron chi connectivity index (χ0n) is 61.6. The molecule has 0 heterocycles. The number of unbranched alkanes of at least 4 members (excludes halogenated alkanes) is 36. The van der Waals surface area contributed by atoms with Crippen LogP contribution in [0.5, 0.6) is 0 Å². The molecule has 0 fully saturated rings. The molecule has 0 amide bonds. The van der Waals surface area contributed by atoms with Gasteiger partial charge in [-0.15, -0.1) is 0 Å². The zero-order chi connectivity index (χ0) is 69.6. The molecule has 0 aliphatic carbocycles. The van der Waals surface area contributed by atoms with Crippen LogP contribution in [0, 0.1) is 23.7 Å². The summed E-state index contributed by atoms with van der Waals surface area (Å²) in [5, 5.41) is 10.6. The molecule has 0 aliphatic heterocycles. The number of carbonyl (C=O) groups excluding carboxylic acids is 4. The molecule has 94 heavy (non-hydrogen) atoms. The molecule has 0 radical (unpaired) electrons. The number of aliphatic hydroxyl groups is 1. The molecular formula is C75H146O17P2. The molecule has 0 aromatic rings. The maximum Gasteiger partial charge on any atom is 0.472 e. The van der Waals surface area contributed by atoms with Crippen molar-refractivity contribution in [2.24, 2.45) is 23.7 Å². The van der Waals surface area contributed by atoms with Gasteiger partial charge in [0.25, 0.3) is 0 Å². The topological polar surface area (TPSA) is 237 Å². The van der Waals surface area contributed by atoms with E-state index in [0.717, 1.165) is 114 Å². The minimum absolute atomic E-state index is 0.104. The van der Waals surface area contributed by atoms with Crippen LogP contribution in [0.25, 0.3) is 0 Å². The molecule has 7 atom stereocenters. The van der Waals surface area contributed by atoms with E-state index in [1.807, 2.05) is 0 Å². The van der Waals surface area contributed by atoms with Gasteiger partial charge in [0.2, 0.25) is 0 Å². The van der Waals surface area contributed by atoms with E-state index in [1.165, 1.54) is 173 Å². The van der Waals surface area contributed by atoms with E-state index >= 15 is 0 Å². The summed E-state index contributed by atoms with van der Waals surface area (Å²) in [7, 11) is -9.91. The summed E-state index contributed by atoms with van der Waals surface area (Å²) < 4.78 is 68.5. The first-order valence-corrected chi connectivity index (χ1v) is 41.8. The summed E-state index contributed by atoms with van der Waals surface area (Å²) in [5.41, 5.74) is 0. The van der Waals surface area contributed by atoms with E-state index in [9.17, 15) is 43.2 Å². The van der Waals surface area contributed by atoms with Crippen LogP contribution in [0.2, 0.25) is 0 Å². The predicted molar refractivity (Wildman–Crippen MR) is 381 cm³/mol. The van der Waals surface area contributed by atoms with E-state index in [2.05, 4.69) is 55.4 Å². The first kappa shape index (κ1) is 92.1. The minimum atomic E-state index is -4.96. The number of esters is 4. The summed E-state index contributed by atoms with van der Waals surface area (Å²) in [6.07, 6.45) is 48.6. The molecule has 3 N–H and O–H groups in total. The van der Waals surface area contributed by atoms with Gasteiger partial charge in [0.15, 0.2) is 12.2 Å². The van der Waals surface area contributed by atoms with E-state index in [1.54, 1.807) is 0 Å². The Morgan fingerprint density at radius 3 is 0.755 bits per heavy atom. The third-order valence-electron chi connectivity index (χ3n) is 18.0. The lowest BCUT2D eigenvalue weighted by molar-refractivity contribution is -0.161. The van der Waals surface area contributed by atoms with E-state index in [-0.39, 0.29) is 25.7 Å². The summed E-state index contributed by atoms with van der Waals surface area (Å²) in [6.45, 7) is 14.2. The second-order valence-electron chi connectivity index (χ2n) is 28.5. The van der Waals surface area contributed by atoms with Crippen molar-refractivity contribution in [3.63, 3.8) is 0 Å². The first-order valence-electron chi connectivity index (χ1n) is 38.8. The molecule has 0 rings (SSSR count). The van der Waals surface area contributed by atoms with Crippen molar-refractivity contribution < 1.29 is 80.2 Å². The van der Waals surface area contributed by atoms with Crippen molar-refractivity contribution in [2.75, 3.05) is 39.6 Å². The van der Waals surface area contributed by atoms with Gasteiger partial charge in [-0.3, -0.25) is 37.3 Å². The highest BCUT2D eigenvalue weighted by Gasteiger charge is 2.30. The van der Waals surface area contributed by atoms with E-state index in [0.29, 0.717) is 31.6 Å². The van der Waals surface area contributed by atoms with Gasteiger partial charge < -0.3 is 33.8 Å². The molecule has 0 saturated carbocycles. The lowest BCUT2D eigenvalue weighted by Gasteiger charge is -2.21. The highest BCUT2D eigenvalue weighted by Crippen LogP contribution is 2.45. The average Bonchev–Trinajstić information content (AvgIpc) is 1.42. The number of phosphoric ester groups is 2. The second kappa shape index (κ2) is 64.4. The Balaban J connectivity index is 5.25. The number of carbonyl (C=O) groups is 4. The van der Waals surface area contributed by atoms with Crippen molar-refractivity contribution >= 4 is 39.5 Å². The van der Waals surface area contributed by atoms with Crippen molar-refractivity contribution in [3.8, 4) is 0 Å². The summed E-state index contributed by atoms with van der Waals surface area (Å²) >= 11 is 0. The van der Waals surface area contributed by atoms with Crippen LogP contribution in [0.4, 0.5) is 0 Å². The SMILES string of the molecule is CCC(C)CCCCCCCCCCCCCCCCC(=O)O[C@H](COC(=O)CCCCCCCCCCCCCCC(C)C)COP(=O)(O)OC[C@@H](O)COP(=O)(O)OC[C@@H](COC(=O)CCCCCCCCC(C)C)OC(=O)CCCCCCCCCCC(C)CC. The molecule has 0 aromatic carbocycles. The zero-order valence-corrected chi connectivity index (χ0v) is 63.4. The summed E-state index contributed by atoms with van der Waals surface area (Å²) in [4.78, 5) is 72.7. The fraction of sp³-hybridized carbons (Fsp3) is 0.947. The number of aliphatic hydroxyl groups excluding tert-OH is 1. The van der Waals surface area contributed by atoms with Gasteiger partial charge in [0.1, 0.15) is 19.3 Å². The monoisotopic (exact) mass is 1380 g/mol. The number of hydrogen-bond donors (Lipinski definition) is 3. The second-order valence-corrected chi connectivity index (χ2v) is 31.4. The molecule has 558 valence electrons. The fourth-order valence-electron chi connectivity index (χ4n) is 11.3. The first-order chi connectivity index (χ1) is 45.2. The number of phosphoric acid groups is 2. The lowest BCUT2D eigenvalue weighted by Crippen LogP contribution is -2.30. The van der Waals surface area contributed by atoms with Crippen molar-refractivity contribution in [1.29, 1.82) is 0 Å². The Hall–Kier alpha value is -1.94. The Morgan fingerprint density at radius 2 is 0.511 bits per heavy atom. The molecule has 0 saturated heterocycles. The van der Waals surface area contributed by atoms with Crippen LogP contribution in [0.1, 0.15) is 376 Å². The molecule has 0 aromatic heterocycles. The van der Waals surface area contributed by atoms with Crippen LogP contribution in [-0.4, -0.2) is 96.7 Å². The van der Waals surface area contributed by atoms with Crippen LogP contribution in [0.3, 0.4) is 0 Å². The smallest absolute Gasteiger partial charge is 0.462 e. The number of ether oxygens (including phenoxy) is 4. The third-order valence-corrected chi connectivity index (χ3v) is 19.9. The van der Waals surface area contributed by atoms with Crippen molar-refractivity contribution in [1.82, 2.24) is 0 Å². The molecule has 17 nitrogen and oxygen atoms in total. The van der Waals surface area contributed by atoms with Gasteiger partial charge in [-0.1, -0.05) is 325 Å². The van der Waals surface area contributed by atoms with Crippen LogP contribution in [-0.2, 0) is 65.4 Å². The molecule has 0 bridgehead atoms. The highest BCUT2D eigenvalue weighted by atomic mass is 31.2. The Kier molecular flexibility index (Phi) is 63.1. The quantitative estimate of drug-likeness (QED) is 0.0222. The summed E-state index contributed by atoms with van der Waals surface area (Å²) in [6, 6.07) is 0. The van der Waals surface area contributed by atoms with Gasteiger partial charge >= 0.3 is 39.5 Å². The van der Waals surface area contributed by atoms with Crippen LogP contribution in [0.15, 0.2) is 0 Å². The van der Waals surface area contributed by atoms with Gasteiger partial charge in [-0.25, -0.2) is 9.13 Å². The molecular weight excluding hydrogens is 1230 g/mol. The molecule has 19 heteroatoms. The predicted octanol–water partition coefficient (Wildman–Crippen LogP) is 21.7. The van der Waals surface area contributed by atoms with Crippen molar-refractivity contribution in [2.45, 2.75) is 395 Å². The largest absolute Gasteiger partial charge is 0.472 e. The van der Waals surface area contributed by atoms with Gasteiger partial charge in [-0.05, 0) is 49.4 Å². The minimum Gasteiger partial charge on any atom is -0.462 e. The standard InChI is InChI=1S/C75H146O17P2/c1-9-67(7)53-45-37-28-22-18-13-11-12-14-20-24-31-41-49-57-74(79)91-70(61-85-72(77)55-47-39-30-23-19-16-15-17-21-27-35-43-51-65(3)4)63-89-93(81,82)87-59-69(76)60-88-94(83,84)90-64-71(62-86-73(78)56-48-40-34-33-36-44-52-66(5)6)92-75(80)58-50-42-32-26-25-29-38-46-54-68(8)10-2/h65-71,76H,9-64H2,1-8H3,(H,81,82)(H,83,84)/t67?,68?,69-,70-,71-/m1/s1.